The highest BCUT2D eigenvalue weighted by Crippen LogP contribution is 2.28. The van der Waals surface area contributed by atoms with Crippen molar-refractivity contribution < 1.29 is 23.5 Å². The summed E-state index contributed by atoms with van der Waals surface area (Å²) in [5.74, 6) is -0.352. The first kappa shape index (κ1) is 22.9. The van der Waals surface area contributed by atoms with Crippen LogP contribution >= 0.6 is 0 Å². The largest absolute Gasteiger partial charge is 0.497 e. The lowest BCUT2D eigenvalue weighted by atomic mass is 10.2. The monoisotopic (exact) mass is 478 g/mol. The normalized spacial score (nSPS) is 15.1. The number of hydrogen-bond donors (Lipinski definition) is 0. The number of ether oxygens (including phenoxy) is 2. The van der Waals surface area contributed by atoms with E-state index in [9.17, 15) is 14.0 Å². The van der Waals surface area contributed by atoms with Crippen molar-refractivity contribution in [2.75, 3.05) is 44.8 Å². The third-order valence-corrected chi connectivity index (χ3v) is 6.59. The molecule has 0 saturated carbocycles. The number of halogens is 1. The number of carbonyl (C=O) groups is 2. The number of rotatable bonds is 6. The van der Waals surface area contributed by atoms with E-state index >= 15 is 0 Å². The molecule has 1 amide bonds. The first-order chi connectivity index (χ1) is 17.0. The first-order valence-corrected chi connectivity index (χ1v) is 11.7. The number of methoxy groups -OCH3 is 1. The summed E-state index contributed by atoms with van der Waals surface area (Å²) in [4.78, 5) is 29.5. The summed E-state index contributed by atoms with van der Waals surface area (Å²) < 4.78 is 25.6. The molecule has 0 atom stereocenters. The van der Waals surface area contributed by atoms with E-state index in [1.807, 2.05) is 24.3 Å². The number of piperazine rings is 1. The molecule has 1 aliphatic carbocycles. The maximum absolute atomic E-state index is 13.3. The lowest BCUT2D eigenvalue weighted by Gasteiger charge is -2.36. The molecule has 182 valence electrons. The van der Waals surface area contributed by atoms with E-state index in [1.54, 1.807) is 28.8 Å². The average molecular weight is 479 g/mol. The molecule has 2 heterocycles. The fourth-order valence-corrected chi connectivity index (χ4v) is 4.69. The summed E-state index contributed by atoms with van der Waals surface area (Å²) in [6.07, 6.45) is 2.42. The molecule has 0 N–H and O–H groups in total. The van der Waals surface area contributed by atoms with Crippen molar-refractivity contribution in [1.29, 1.82) is 0 Å². The van der Waals surface area contributed by atoms with Gasteiger partial charge in [-0.25, -0.2) is 13.9 Å². The highest BCUT2D eigenvalue weighted by atomic mass is 19.1. The lowest BCUT2D eigenvalue weighted by molar-refractivity contribution is -0.134. The van der Waals surface area contributed by atoms with Gasteiger partial charge in [0.1, 0.15) is 11.6 Å². The number of fused-ring (bicyclic) bond motifs is 1. The van der Waals surface area contributed by atoms with Crippen LogP contribution < -0.4 is 9.64 Å². The Labute approximate surface area is 202 Å². The first-order valence-electron chi connectivity index (χ1n) is 11.7. The van der Waals surface area contributed by atoms with Crippen molar-refractivity contribution in [3.05, 3.63) is 71.3 Å². The Morgan fingerprint density at radius 1 is 0.943 bits per heavy atom. The molecule has 1 saturated heterocycles. The highest BCUT2D eigenvalue weighted by molar-refractivity contribution is 5.91. The van der Waals surface area contributed by atoms with Crippen LogP contribution in [0.1, 0.15) is 28.2 Å². The number of nitrogens with zero attached hydrogens (tertiary/aromatic N) is 4. The van der Waals surface area contributed by atoms with Gasteiger partial charge in [-0.05, 0) is 67.8 Å². The fourth-order valence-electron chi connectivity index (χ4n) is 4.69. The van der Waals surface area contributed by atoms with E-state index in [2.05, 4.69) is 10.00 Å². The van der Waals surface area contributed by atoms with E-state index in [1.165, 1.54) is 12.1 Å². The molecule has 0 spiro atoms. The minimum atomic E-state index is -0.603. The summed E-state index contributed by atoms with van der Waals surface area (Å²) in [5.41, 5.74) is 3.78. The van der Waals surface area contributed by atoms with Crippen molar-refractivity contribution in [3.8, 4) is 11.4 Å². The molecule has 35 heavy (non-hydrogen) atoms. The molecule has 0 unspecified atom stereocenters. The molecule has 3 aromatic rings. The third-order valence-electron chi connectivity index (χ3n) is 6.59. The molecule has 1 aliphatic heterocycles. The third kappa shape index (κ3) is 4.71. The van der Waals surface area contributed by atoms with E-state index in [-0.39, 0.29) is 24.0 Å². The van der Waals surface area contributed by atoms with Gasteiger partial charge in [-0.15, -0.1) is 0 Å². The van der Waals surface area contributed by atoms with Gasteiger partial charge in [-0.1, -0.05) is 0 Å². The van der Waals surface area contributed by atoms with E-state index in [4.69, 9.17) is 9.47 Å². The van der Waals surface area contributed by atoms with Crippen molar-refractivity contribution >= 4 is 17.6 Å². The highest BCUT2D eigenvalue weighted by Gasteiger charge is 2.29. The van der Waals surface area contributed by atoms with Crippen LogP contribution in [-0.2, 0) is 22.4 Å². The van der Waals surface area contributed by atoms with E-state index in [0.717, 1.165) is 42.0 Å². The zero-order valence-electron chi connectivity index (χ0n) is 19.6. The van der Waals surface area contributed by atoms with Gasteiger partial charge in [-0.2, -0.15) is 5.10 Å². The summed E-state index contributed by atoms with van der Waals surface area (Å²) in [5, 5.41) is 4.46. The number of aromatic nitrogens is 2. The number of benzene rings is 2. The lowest BCUT2D eigenvalue weighted by Crippen LogP contribution is -2.49. The Balaban J connectivity index is 1.18. The number of anilines is 1. The molecule has 5 rings (SSSR count). The average Bonchev–Trinajstić information content (AvgIpc) is 3.51. The zero-order chi connectivity index (χ0) is 24.4. The number of amides is 1. The molecule has 1 fully saturated rings. The van der Waals surface area contributed by atoms with Gasteiger partial charge in [0, 0.05) is 43.1 Å². The van der Waals surface area contributed by atoms with Crippen LogP contribution in [0.3, 0.4) is 0 Å². The molecule has 0 radical (unpaired) electrons. The van der Waals surface area contributed by atoms with Crippen LogP contribution in [0.5, 0.6) is 5.75 Å². The van der Waals surface area contributed by atoms with Crippen LogP contribution in [0, 0.1) is 5.82 Å². The summed E-state index contributed by atoms with van der Waals surface area (Å²) in [6.45, 7) is 2.18. The minimum Gasteiger partial charge on any atom is -0.497 e. The number of esters is 1. The molecular weight excluding hydrogens is 451 g/mol. The van der Waals surface area contributed by atoms with Gasteiger partial charge >= 0.3 is 5.97 Å². The molecule has 2 aliphatic rings. The Bertz CT molecular complexity index is 1220. The van der Waals surface area contributed by atoms with Crippen LogP contribution in [-0.4, -0.2) is 66.5 Å². The van der Waals surface area contributed by atoms with E-state index < -0.39 is 5.97 Å². The van der Waals surface area contributed by atoms with Crippen LogP contribution in [0.2, 0.25) is 0 Å². The van der Waals surface area contributed by atoms with Gasteiger partial charge < -0.3 is 19.3 Å². The van der Waals surface area contributed by atoms with Crippen LogP contribution in [0.15, 0.2) is 48.5 Å². The molecule has 8 nitrogen and oxygen atoms in total. The van der Waals surface area contributed by atoms with Gasteiger partial charge in [0.25, 0.3) is 5.91 Å². The Hall–Kier alpha value is -3.88. The maximum atomic E-state index is 13.3. The van der Waals surface area contributed by atoms with Crippen molar-refractivity contribution in [2.24, 2.45) is 0 Å². The second-order valence-electron chi connectivity index (χ2n) is 8.66. The second kappa shape index (κ2) is 9.77. The maximum Gasteiger partial charge on any atom is 0.359 e. The smallest absolute Gasteiger partial charge is 0.359 e. The molecular formula is C26H27FN4O4. The quantitative estimate of drug-likeness (QED) is 0.507. The predicted molar refractivity (Wildman–Crippen MR) is 128 cm³/mol. The topological polar surface area (TPSA) is 76.9 Å². The van der Waals surface area contributed by atoms with Gasteiger partial charge in [0.15, 0.2) is 12.3 Å². The molecule has 0 bridgehead atoms. The Kier molecular flexibility index (Phi) is 6.39. The standard InChI is InChI=1S/C26H27FN4O4/c1-34-21-11-9-19(10-12-21)29-13-15-30(16-14-29)24(32)17-35-26(33)25-22-3-2-4-23(22)31(28-25)20-7-5-18(27)6-8-20/h5-12H,2-4,13-17H2,1H3. The van der Waals surface area contributed by atoms with Crippen molar-refractivity contribution in [3.63, 3.8) is 0 Å². The SMILES string of the molecule is COc1ccc(N2CCN(C(=O)COC(=O)c3nn(-c4ccc(F)cc4)c4c3CCC4)CC2)cc1. The van der Waals surface area contributed by atoms with Crippen LogP contribution in [0.25, 0.3) is 5.69 Å². The second-order valence-corrected chi connectivity index (χ2v) is 8.66. The molecule has 2 aromatic carbocycles. The zero-order valence-corrected chi connectivity index (χ0v) is 19.6. The number of hydrogen-bond acceptors (Lipinski definition) is 6. The predicted octanol–water partition coefficient (Wildman–Crippen LogP) is 3.01. The summed E-state index contributed by atoms with van der Waals surface area (Å²) in [6, 6.07) is 13.8. The summed E-state index contributed by atoms with van der Waals surface area (Å²) >= 11 is 0. The molecule has 9 heteroatoms. The Morgan fingerprint density at radius 3 is 2.31 bits per heavy atom. The van der Waals surface area contributed by atoms with Gasteiger partial charge in [0.05, 0.1) is 12.8 Å². The minimum absolute atomic E-state index is 0.220. The summed E-state index contributed by atoms with van der Waals surface area (Å²) in [7, 11) is 1.64. The fraction of sp³-hybridized carbons (Fsp3) is 0.346. The molecule has 1 aromatic heterocycles. The van der Waals surface area contributed by atoms with Crippen molar-refractivity contribution in [1.82, 2.24) is 14.7 Å². The van der Waals surface area contributed by atoms with Crippen molar-refractivity contribution in [2.45, 2.75) is 19.3 Å². The Morgan fingerprint density at radius 2 is 1.63 bits per heavy atom. The van der Waals surface area contributed by atoms with Gasteiger partial charge in [-0.3, -0.25) is 4.79 Å². The van der Waals surface area contributed by atoms with E-state index in [0.29, 0.717) is 31.9 Å². The number of carbonyl (C=O) groups excluding carboxylic acids is 2. The van der Waals surface area contributed by atoms with Crippen LogP contribution in [0.4, 0.5) is 10.1 Å². The van der Waals surface area contributed by atoms with Gasteiger partial charge in [0.2, 0.25) is 0 Å².